The van der Waals surface area contributed by atoms with Gasteiger partial charge in [-0.05, 0) is 62.5 Å². The van der Waals surface area contributed by atoms with Gasteiger partial charge in [0.1, 0.15) is 12.4 Å². The summed E-state index contributed by atoms with van der Waals surface area (Å²) >= 11 is 0. The van der Waals surface area contributed by atoms with Crippen LogP contribution >= 0.6 is 0 Å². The highest BCUT2D eigenvalue weighted by atomic mass is 19.3. The number of nitrogens with zero attached hydrogens (tertiary/aromatic N) is 4. The van der Waals surface area contributed by atoms with Crippen LogP contribution in [-0.2, 0) is 11.5 Å². The number of ether oxygens (including phenoxy) is 1. The number of fused-ring (bicyclic) bond motifs is 3. The second-order valence-electron chi connectivity index (χ2n) is 14.4. The highest BCUT2D eigenvalue weighted by Crippen LogP contribution is 2.39. The number of nitrogens with one attached hydrogen (secondary N) is 1. The third-order valence-electron chi connectivity index (χ3n) is 9.42. The van der Waals surface area contributed by atoms with E-state index in [1.54, 1.807) is 11.1 Å². The number of unbranched alkanes of at least 4 members (excludes halogenated alkanes) is 8. The minimum absolute atomic E-state index is 0.0000652. The second-order valence-corrected chi connectivity index (χ2v) is 14.4. The molecule has 0 radical (unpaired) electrons. The quantitative estimate of drug-likeness (QED) is 0.171. The first kappa shape index (κ1) is 34.6. The summed E-state index contributed by atoms with van der Waals surface area (Å²) in [5.74, 6) is 0.415. The molecule has 0 atom stereocenters. The van der Waals surface area contributed by atoms with Crippen molar-refractivity contribution in [1.82, 2.24) is 19.8 Å². The van der Waals surface area contributed by atoms with Crippen LogP contribution in [0.4, 0.5) is 14.5 Å². The molecule has 1 N–H and O–H groups in total. The van der Waals surface area contributed by atoms with Gasteiger partial charge in [-0.15, -0.1) is 0 Å². The fraction of sp³-hybridized carbons (Fsp3) is 0.771. The molecule has 0 bridgehead atoms. The molecule has 44 heavy (non-hydrogen) atoms. The van der Waals surface area contributed by atoms with Crippen molar-refractivity contribution in [2.24, 2.45) is 11.3 Å². The summed E-state index contributed by atoms with van der Waals surface area (Å²) in [6, 6.07) is 2.37. The van der Waals surface area contributed by atoms with Gasteiger partial charge in [0.05, 0.1) is 24.5 Å². The molecule has 2 aromatic rings. The van der Waals surface area contributed by atoms with E-state index in [0.29, 0.717) is 42.9 Å². The fourth-order valence-electron chi connectivity index (χ4n) is 6.88. The van der Waals surface area contributed by atoms with Gasteiger partial charge in [-0.25, -0.2) is 13.8 Å². The molecule has 2 aromatic heterocycles. The van der Waals surface area contributed by atoms with Crippen LogP contribution in [0.2, 0.25) is 0 Å². The lowest BCUT2D eigenvalue weighted by molar-refractivity contribution is 0.0762. The van der Waals surface area contributed by atoms with Crippen molar-refractivity contribution in [3.05, 3.63) is 24.0 Å². The Hall–Kier alpha value is -2.26. The van der Waals surface area contributed by atoms with E-state index in [9.17, 15) is 13.6 Å². The van der Waals surface area contributed by atoms with Gasteiger partial charge in [0.25, 0.3) is 12.3 Å². The van der Waals surface area contributed by atoms with Gasteiger partial charge in [0.15, 0.2) is 0 Å². The Bertz CT molecular complexity index is 1160. The van der Waals surface area contributed by atoms with Gasteiger partial charge in [-0.1, -0.05) is 72.1 Å². The molecule has 9 heteroatoms. The first-order chi connectivity index (χ1) is 21.1. The maximum Gasteiger partial charge on any atom is 0.258 e. The number of hydrogen-bond donors (Lipinski definition) is 1. The van der Waals surface area contributed by atoms with Crippen molar-refractivity contribution in [2.75, 3.05) is 38.3 Å². The van der Waals surface area contributed by atoms with Gasteiger partial charge in [0, 0.05) is 37.5 Å². The minimum atomic E-state index is -2.31. The van der Waals surface area contributed by atoms with Crippen LogP contribution in [0.3, 0.4) is 0 Å². The molecule has 1 amide bonds. The lowest BCUT2D eigenvalue weighted by Gasteiger charge is -2.44. The predicted molar refractivity (Wildman–Crippen MR) is 175 cm³/mol. The number of carbonyl (C=O) groups excluding carboxylic acids is 1. The zero-order chi connectivity index (χ0) is 31.5. The van der Waals surface area contributed by atoms with Gasteiger partial charge < -0.3 is 24.4 Å². The zero-order valence-electron chi connectivity index (χ0n) is 27.8. The third-order valence-corrected chi connectivity index (χ3v) is 9.42. The Morgan fingerprint density at radius 1 is 1.00 bits per heavy atom. The fourth-order valence-corrected chi connectivity index (χ4v) is 6.88. The summed E-state index contributed by atoms with van der Waals surface area (Å²) < 4.78 is 33.2. The maximum atomic E-state index is 13.1. The van der Waals surface area contributed by atoms with Crippen LogP contribution in [0.15, 0.2) is 18.5 Å². The number of rotatable bonds is 18. The monoisotopic (exact) mass is 617 g/mol. The van der Waals surface area contributed by atoms with E-state index in [2.05, 4.69) is 37.1 Å². The average Bonchev–Trinajstić information content (AvgIpc) is 3.40. The Kier molecular flexibility index (Phi) is 13.3. The van der Waals surface area contributed by atoms with E-state index in [0.717, 1.165) is 55.4 Å². The van der Waals surface area contributed by atoms with Gasteiger partial charge >= 0.3 is 0 Å². The first-order valence-electron chi connectivity index (χ1n) is 17.2. The molecule has 1 saturated carbocycles. The van der Waals surface area contributed by atoms with Gasteiger partial charge in [-0.3, -0.25) is 4.79 Å². The summed E-state index contributed by atoms with van der Waals surface area (Å²) in [7, 11) is 1.84. The van der Waals surface area contributed by atoms with E-state index in [1.807, 2.05) is 17.8 Å². The standard InChI is InChI=1S/C35H57F2N5O2/c1-35(2,3)19-12-10-8-6-5-7-9-11-13-21-44-26-41-20-18-29-32-30(23-39-33(29)41)34(43)40(4)25-42(32)28-16-14-27(15-17-28)22-38-24-31(36)37/h18,20,23,27-28,31,38H,5-17,19,21-22,24-26H2,1-4H3. The topological polar surface area (TPSA) is 62.6 Å². The largest absolute Gasteiger partial charge is 0.361 e. The van der Waals surface area contributed by atoms with Crippen LogP contribution < -0.4 is 10.2 Å². The number of hydrogen-bond acceptors (Lipinski definition) is 5. The summed E-state index contributed by atoms with van der Waals surface area (Å²) in [4.78, 5) is 22.0. The molecule has 7 nitrogen and oxygen atoms in total. The molecule has 2 aliphatic rings. The molecule has 0 spiro atoms. The van der Waals surface area contributed by atoms with E-state index in [4.69, 9.17) is 9.72 Å². The van der Waals surface area contributed by atoms with Crippen molar-refractivity contribution in [3.8, 4) is 0 Å². The minimum Gasteiger partial charge on any atom is -0.361 e. The van der Waals surface area contributed by atoms with Crippen molar-refractivity contribution in [1.29, 1.82) is 0 Å². The number of aromatic nitrogens is 2. The molecular weight excluding hydrogens is 560 g/mol. The predicted octanol–water partition coefficient (Wildman–Crippen LogP) is 8.22. The SMILES string of the molecule is CN1CN(C2CCC(CNCC(F)F)CC2)c2c(cnc3c2ccn3COCCCCCCCCCCCC(C)(C)C)C1=O. The van der Waals surface area contributed by atoms with Crippen LogP contribution in [0.25, 0.3) is 11.0 Å². The molecule has 3 heterocycles. The van der Waals surface area contributed by atoms with E-state index in [1.165, 1.54) is 57.8 Å². The third kappa shape index (κ3) is 10.1. The molecule has 4 rings (SSSR count). The smallest absolute Gasteiger partial charge is 0.258 e. The van der Waals surface area contributed by atoms with Crippen molar-refractivity contribution in [2.45, 2.75) is 130 Å². The van der Waals surface area contributed by atoms with Gasteiger partial charge in [-0.2, -0.15) is 0 Å². The Balaban J connectivity index is 1.22. The molecule has 0 aromatic carbocycles. The molecular formula is C35H57F2N5O2. The Morgan fingerprint density at radius 3 is 2.32 bits per heavy atom. The normalized spacial score (nSPS) is 19.4. The lowest BCUT2D eigenvalue weighted by Crippen LogP contribution is -2.50. The summed E-state index contributed by atoms with van der Waals surface area (Å²) in [5, 5.41) is 3.90. The van der Waals surface area contributed by atoms with Crippen molar-refractivity contribution < 1.29 is 18.3 Å². The maximum absolute atomic E-state index is 13.1. The molecule has 1 aliphatic carbocycles. The van der Waals surface area contributed by atoms with Gasteiger partial charge in [0.2, 0.25) is 0 Å². The average molecular weight is 618 g/mol. The number of halogens is 2. The zero-order valence-corrected chi connectivity index (χ0v) is 27.8. The second kappa shape index (κ2) is 16.9. The molecule has 1 fully saturated rings. The van der Waals surface area contributed by atoms with Crippen LogP contribution in [-0.4, -0.2) is 66.2 Å². The van der Waals surface area contributed by atoms with Crippen molar-refractivity contribution in [3.63, 3.8) is 0 Å². The number of carbonyl (C=O) groups is 1. The summed E-state index contributed by atoms with van der Waals surface area (Å²) in [6.45, 7) is 9.12. The highest BCUT2D eigenvalue weighted by Gasteiger charge is 2.35. The number of pyridine rings is 1. The number of anilines is 1. The van der Waals surface area contributed by atoms with E-state index < -0.39 is 6.43 Å². The summed E-state index contributed by atoms with van der Waals surface area (Å²) in [6.07, 6.45) is 18.4. The van der Waals surface area contributed by atoms with E-state index in [-0.39, 0.29) is 12.5 Å². The van der Waals surface area contributed by atoms with E-state index >= 15 is 0 Å². The molecule has 248 valence electrons. The molecule has 0 saturated heterocycles. The van der Waals surface area contributed by atoms with Crippen molar-refractivity contribution >= 4 is 22.6 Å². The van der Waals surface area contributed by atoms with Crippen LogP contribution in [0, 0.1) is 11.3 Å². The number of amides is 1. The molecule has 1 aliphatic heterocycles. The Labute approximate surface area is 264 Å². The van der Waals surface area contributed by atoms with Crippen LogP contribution in [0.5, 0.6) is 0 Å². The van der Waals surface area contributed by atoms with Crippen LogP contribution in [0.1, 0.15) is 121 Å². The summed E-state index contributed by atoms with van der Waals surface area (Å²) in [5.41, 5.74) is 2.94. The highest BCUT2D eigenvalue weighted by molar-refractivity contribution is 6.08. The Morgan fingerprint density at radius 2 is 1.66 bits per heavy atom. The number of alkyl halides is 2. The molecule has 0 unspecified atom stereocenters. The first-order valence-corrected chi connectivity index (χ1v) is 17.2. The lowest BCUT2D eigenvalue weighted by atomic mass is 9.84.